The summed E-state index contributed by atoms with van der Waals surface area (Å²) in [5.74, 6) is 0.351. The van der Waals surface area contributed by atoms with Crippen molar-refractivity contribution in [2.45, 2.75) is 43.6 Å². The fourth-order valence-corrected chi connectivity index (χ4v) is 4.93. The average Bonchev–Trinajstić information content (AvgIpc) is 3.48. The monoisotopic (exact) mass is 488 g/mol. The van der Waals surface area contributed by atoms with Gasteiger partial charge in [0, 0.05) is 47.0 Å². The van der Waals surface area contributed by atoms with E-state index in [2.05, 4.69) is 16.0 Å². The first-order chi connectivity index (χ1) is 17.4. The normalized spacial score (nSPS) is 19.2. The van der Waals surface area contributed by atoms with Gasteiger partial charge in [-0.2, -0.15) is 0 Å². The zero-order valence-electron chi connectivity index (χ0n) is 20.2. The predicted octanol–water partition coefficient (Wildman–Crippen LogP) is 4.59. The number of esters is 2. The number of aliphatic hydroxyl groups excluding tert-OH is 1. The van der Waals surface area contributed by atoms with Crippen molar-refractivity contribution in [2.75, 3.05) is 14.2 Å². The van der Waals surface area contributed by atoms with Gasteiger partial charge in [0.2, 0.25) is 0 Å². The quantitative estimate of drug-likeness (QED) is 0.361. The van der Waals surface area contributed by atoms with E-state index in [-0.39, 0.29) is 18.0 Å². The Balaban J connectivity index is 0.000000148. The predicted molar refractivity (Wildman–Crippen MR) is 134 cm³/mol. The van der Waals surface area contributed by atoms with Gasteiger partial charge in [0.25, 0.3) is 0 Å². The third-order valence-corrected chi connectivity index (χ3v) is 7.23. The molecular formula is C28H28N2O6. The number of hydrogen-bond acceptors (Lipinski definition) is 6. The summed E-state index contributed by atoms with van der Waals surface area (Å²) >= 11 is 0. The molecule has 3 N–H and O–H groups in total. The van der Waals surface area contributed by atoms with Gasteiger partial charge in [0.1, 0.15) is 5.78 Å². The standard InChI is InChI=1S/C14H15NO3.C14H13NO3/c2*1-18-14(17)12-7-15-13-3-2-8(6-11(12)13)9-4-10(16)5-9/h2-3,6-7,9-10,15-16H,4-5H2,1H3;2-3,6-7,9,15H,4-5H2,1H3. The Morgan fingerprint density at radius 1 is 0.806 bits per heavy atom. The Bertz CT molecular complexity index is 1450. The summed E-state index contributed by atoms with van der Waals surface area (Å²) < 4.78 is 9.51. The van der Waals surface area contributed by atoms with Crippen molar-refractivity contribution in [3.8, 4) is 0 Å². The maximum atomic E-state index is 11.6. The molecule has 8 nitrogen and oxygen atoms in total. The Hall–Kier alpha value is -3.91. The van der Waals surface area contributed by atoms with Gasteiger partial charge in [-0.25, -0.2) is 9.59 Å². The van der Waals surface area contributed by atoms with Crippen LogP contribution in [0.2, 0.25) is 0 Å². The van der Waals surface area contributed by atoms with Gasteiger partial charge in [0.15, 0.2) is 0 Å². The van der Waals surface area contributed by atoms with Crippen molar-refractivity contribution < 1.29 is 29.0 Å². The summed E-state index contributed by atoms with van der Waals surface area (Å²) in [6.07, 6.45) is 6.01. The maximum Gasteiger partial charge on any atom is 0.340 e. The van der Waals surface area contributed by atoms with E-state index in [1.54, 1.807) is 12.4 Å². The van der Waals surface area contributed by atoms with Crippen molar-refractivity contribution in [1.82, 2.24) is 9.97 Å². The number of hydrogen-bond donors (Lipinski definition) is 3. The highest BCUT2D eigenvalue weighted by Crippen LogP contribution is 2.38. The van der Waals surface area contributed by atoms with Crippen LogP contribution in [0.15, 0.2) is 48.8 Å². The molecule has 6 rings (SSSR count). The minimum absolute atomic E-state index is 0.169. The molecule has 2 aliphatic rings. The molecule has 0 saturated heterocycles. The van der Waals surface area contributed by atoms with Gasteiger partial charge in [-0.3, -0.25) is 4.79 Å². The van der Waals surface area contributed by atoms with E-state index in [1.165, 1.54) is 19.8 Å². The second-order valence-corrected chi connectivity index (χ2v) is 9.46. The summed E-state index contributed by atoms with van der Waals surface area (Å²) in [4.78, 5) is 40.4. The van der Waals surface area contributed by atoms with E-state index in [0.29, 0.717) is 41.6 Å². The van der Waals surface area contributed by atoms with Crippen LogP contribution in [-0.2, 0) is 14.3 Å². The average molecular weight is 489 g/mol. The first kappa shape index (κ1) is 23.8. The molecule has 2 aliphatic carbocycles. The molecule has 0 spiro atoms. The van der Waals surface area contributed by atoms with Gasteiger partial charge >= 0.3 is 11.9 Å². The van der Waals surface area contributed by atoms with Crippen LogP contribution < -0.4 is 0 Å². The van der Waals surface area contributed by atoms with E-state index in [9.17, 15) is 19.5 Å². The van der Waals surface area contributed by atoms with Gasteiger partial charge < -0.3 is 24.5 Å². The summed E-state index contributed by atoms with van der Waals surface area (Å²) in [6.45, 7) is 0. The Morgan fingerprint density at radius 3 is 1.69 bits per heavy atom. The van der Waals surface area contributed by atoms with E-state index >= 15 is 0 Å². The maximum absolute atomic E-state index is 11.6. The number of rotatable bonds is 4. The van der Waals surface area contributed by atoms with Crippen LogP contribution in [0.4, 0.5) is 0 Å². The van der Waals surface area contributed by atoms with Gasteiger partial charge in [-0.15, -0.1) is 0 Å². The minimum atomic E-state index is -0.344. The molecular weight excluding hydrogens is 460 g/mol. The number of ketones is 1. The Morgan fingerprint density at radius 2 is 1.28 bits per heavy atom. The molecule has 0 bridgehead atoms. The molecule has 0 unspecified atom stereocenters. The minimum Gasteiger partial charge on any atom is -0.465 e. The van der Waals surface area contributed by atoms with Crippen LogP contribution in [0.1, 0.15) is 69.4 Å². The van der Waals surface area contributed by atoms with Crippen LogP contribution in [0, 0.1) is 0 Å². The lowest BCUT2D eigenvalue weighted by Gasteiger charge is -2.31. The topological polar surface area (TPSA) is 121 Å². The summed E-state index contributed by atoms with van der Waals surface area (Å²) in [6, 6.07) is 12.0. The molecule has 2 saturated carbocycles. The zero-order chi connectivity index (χ0) is 25.4. The van der Waals surface area contributed by atoms with Crippen molar-refractivity contribution in [1.29, 1.82) is 0 Å². The van der Waals surface area contributed by atoms with Gasteiger partial charge in [0.05, 0.1) is 31.5 Å². The van der Waals surface area contributed by atoms with Crippen LogP contribution in [0.3, 0.4) is 0 Å². The van der Waals surface area contributed by atoms with Crippen molar-refractivity contribution >= 4 is 39.5 Å². The van der Waals surface area contributed by atoms with Crippen molar-refractivity contribution in [3.63, 3.8) is 0 Å². The lowest BCUT2D eigenvalue weighted by atomic mass is 9.77. The van der Waals surface area contributed by atoms with Crippen LogP contribution in [0.25, 0.3) is 21.8 Å². The van der Waals surface area contributed by atoms with E-state index in [1.807, 2.05) is 30.3 Å². The molecule has 2 heterocycles. The number of carbonyl (C=O) groups is 3. The number of Topliss-reactive ketones (excluding diaryl/α,β-unsaturated/α-hetero) is 1. The number of carbonyl (C=O) groups excluding carboxylic acids is 3. The number of H-pyrrole nitrogens is 2. The molecule has 0 aliphatic heterocycles. The Labute approximate surface area is 207 Å². The fraction of sp³-hybridized carbons (Fsp3) is 0.321. The third kappa shape index (κ3) is 4.40. The van der Waals surface area contributed by atoms with E-state index in [0.717, 1.165) is 40.2 Å². The molecule has 0 atom stereocenters. The van der Waals surface area contributed by atoms with E-state index in [4.69, 9.17) is 9.47 Å². The molecule has 2 aromatic carbocycles. The number of ether oxygens (including phenoxy) is 2. The molecule has 8 heteroatoms. The number of aromatic amines is 2. The highest BCUT2D eigenvalue weighted by atomic mass is 16.5. The Kier molecular flexibility index (Phi) is 6.36. The number of benzene rings is 2. The summed E-state index contributed by atoms with van der Waals surface area (Å²) in [5.41, 5.74) is 5.24. The summed E-state index contributed by atoms with van der Waals surface area (Å²) in [7, 11) is 2.75. The number of aromatic nitrogens is 2. The lowest BCUT2D eigenvalue weighted by Crippen LogP contribution is -2.26. The molecule has 0 radical (unpaired) electrons. The van der Waals surface area contributed by atoms with Crippen LogP contribution >= 0.6 is 0 Å². The molecule has 4 aromatic rings. The highest BCUT2D eigenvalue weighted by molar-refractivity contribution is 6.05. The largest absolute Gasteiger partial charge is 0.465 e. The molecule has 36 heavy (non-hydrogen) atoms. The number of fused-ring (bicyclic) bond motifs is 2. The number of nitrogens with one attached hydrogen (secondary N) is 2. The smallest absolute Gasteiger partial charge is 0.340 e. The zero-order valence-corrected chi connectivity index (χ0v) is 20.2. The van der Waals surface area contributed by atoms with Crippen LogP contribution in [0.5, 0.6) is 0 Å². The van der Waals surface area contributed by atoms with Crippen LogP contribution in [-0.4, -0.2) is 53.1 Å². The first-order valence-corrected chi connectivity index (χ1v) is 12.0. The molecule has 2 fully saturated rings. The SMILES string of the molecule is COC(=O)c1c[nH]c2ccc(C3CC(=O)C3)cc12.COC(=O)c1c[nH]c2ccc(C3CC(O)C3)cc12. The van der Waals surface area contributed by atoms with E-state index < -0.39 is 0 Å². The second-order valence-electron chi connectivity index (χ2n) is 9.46. The third-order valence-electron chi connectivity index (χ3n) is 7.23. The molecule has 186 valence electrons. The number of methoxy groups -OCH3 is 2. The van der Waals surface area contributed by atoms with Crippen molar-refractivity contribution in [3.05, 3.63) is 71.0 Å². The lowest BCUT2D eigenvalue weighted by molar-refractivity contribution is -0.124. The highest BCUT2D eigenvalue weighted by Gasteiger charge is 2.29. The fourth-order valence-electron chi connectivity index (χ4n) is 4.93. The number of aliphatic hydroxyl groups is 1. The van der Waals surface area contributed by atoms with Crippen molar-refractivity contribution in [2.24, 2.45) is 0 Å². The first-order valence-electron chi connectivity index (χ1n) is 12.0. The van der Waals surface area contributed by atoms with Gasteiger partial charge in [-0.1, -0.05) is 12.1 Å². The second kappa shape index (κ2) is 9.62. The molecule has 2 aromatic heterocycles. The van der Waals surface area contributed by atoms with Gasteiger partial charge in [-0.05, 0) is 60.1 Å². The summed E-state index contributed by atoms with van der Waals surface area (Å²) in [5, 5.41) is 11.1. The molecule has 0 amide bonds.